The van der Waals surface area contributed by atoms with Crippen molar-refractivity contribution >= 4 is 0 Å². The van der Waals surface area contributed by atoms with Crippen molar-refractivity contribution in [3.8, 4) is 0 Å². The minimum Gasteiger partial charge on any atom is -0.317 e. The van der Waals surface area contributed by atoms with Gasteiger partial charge in [0.1, 0.15) is 0 Å². The number of hydrogen-bond acceptors (Lipinski definition) is 1. The van der Waals surface area contributed by atoms with Crippen LogP contribution in [0.1, 0.15) is 77.6 Å². The number of nitrogens with one attached hydrogen (secondary N) is 1. The Morgan fingerprint density at radius 1 is 0.875 bits per heavy atom. The highest BCUT2D eigenvalue weighted by Gasteiger charge is 2.13. The maximum absolute atomic E-state index is 3.52. The summed E-state index contributed by atoms with van der Waals surface area (Å²) in [6, 6.07) is 0. The van der Waals surface area contributed by atoms with E-state index in [-0.39, 0.29) is 0 Å². The molecule has 1 nitrogen and oxygen atoms in total. The highest BCUT2D eigenvalue weighted by Crippen LogP contribution is 2.29. The van der Waals surface area contributed by atoms with Crippen molar-refractivity contribution < 1.29 is 0 Å². The van der Waals surface area contributed by atoms with Crippen LogP contribution in [-0.4, -0.2) is 13.1 Å². The first-order chi connectivity index (χ1) is 7.93. The lowest BCUT2D eigenvalue weighted by Gasteiger charge is -2.08. The van der Waals surface area contributed by atoms with Crippen LogP contribution in [0, 0.1) is 5.92 Å². The summed E-state index contributed by atoms with van der Waals surface area (Å²) in [6.45, 7) is 4.71. The Balaban J connectivity index is 1.71. The maximum atomic E-state index is 3.52. The van der Waals surface area contributed by atoms with Crippen LogP contribution in [0.3, 0.4) is 0 Å². The Morgan fingerprint density at radius 3 is 2.31 bits per heavy atom. The van der Waals surface area contributed by atoms with Gasteiger partial charge in [-0.1, -0.05) is 64.7 Å². The van der Waals surface area contributed by atoms with E-state index < -0.39 is 0 Å². The number of rotatable bonds is 10. The van der Waals surface area contributed by atoms with Crippen LogP contribution in [0.5, 0.6) is 0 Å². The molecule has 0 saturated heterocycles. The van der Waals surface area contributed by atoms with Crippen molar-refractivity contribution in [3.63, 3.8) is 0 Å². The summed E-state index contributed by atoms with van der Waals surface area (Å²) in [5.74, 6) is 1.10. The lowest BCUT2D eigenvalue weighted by Crippen LogP contribution is -2.16. The number of unbranched alkanes of at least 4 members (excludes halogenated alkanes) is 4. The van der Waals surface area contributed by atoms with E-state index in [9.17, 15) is 0 Å². The quantitative estimate of drug-likeness (QED) is 0.539. The summed E-state index contributed by atoms with van der Waals surface area (Å²) in [5.41, 5.74) is 0. The maximum Gasteiger partial charge on any atom is -0.00489 e. The second-order valence-corrected chi connectivity index (χ2v) is 5.46. The molecule has 0 atom stereocenters. The van der Waals surface area contributed by atoms with Gasteiger partial charge in [0.15, 0.2) is 0 Å². The molecule has 96 valence electrons. The van der Waals surface area contributed by atoms with Gasteiger partial charge in [-0.2, -0.15) is 0 Å². The molecular weight excluding hydrogens is 194 g/mol. The fourth-order valence-corrected chi connectivity index (χ4v) is 2.76. The molecule has 1 rings (SSSR count). The molecule has 0 unspecified atom stereocenters. The Kier molecular flexibility index (Phi) is 8.88. The smallest absolute Gasteiger partial charge is 0.00489 e. The van der Waals surface area contributed by atoms with Gasteiger partial charge in [-0.05, 0) is 31.8 Å². The molecule has 1 N–H and O–H groups in total. The molecule has 1 aliphatic rings. The first kappa shape index (κ1) is 14.0. The largest absolute Gasteiger partial charge is 0.317 e. The van der Waals surface area contributed by atoms with Gasteiger partial charge in [0, 0.05) is 0 Å². The van der Waals surface area contributed by atoms with Crippen LogP contribution in [0.2, 0.25) is 0 Å². The third-order valence-electron chi connectivity index (χ3n) is 3.90. The minimum atomic E-state index is 1.10. The normalized spacial score (nSPS) is 17.1. The van der Waals surface area contributed by atoms with Gasteiger partial charge in [0.2, 0.25) is 0 Å². The molecule has 0 amide bonds. The molecule has 0 heterocycles. The van der Waals surface area contributed by atoms with Gasteiger partial charge >= 0.3 is 0 Å². The Bertz CT molecular complexity index is 138. The molecule has 0 aromatic carbocycles. The zero-order chi connectivity index (χ0) is 11.5. The van der Waals surface area contributed by atoms with E-state index in [1.807, 2.05) is 0 Å². The summed E-state index contributed by atoms with van der Waals surface area (Å²) in [6.07, 6.45) is 16.0. The van der Waals surface area contributed by atoms with Gasteiger partial charge < -0.3 is 5.32 Å². The zero-order valence-electron chi connectivity index (χ0n) is 11.3. The lowest BCUT2D eigenvalue weighted by molar-refractivity contribution is 0.462. The molecule has 16 heavy (non-hydrogen) atoms. The van der Waals surface area contributed by atoms with E-state index in [0.29, 0.717) is 0 Å². The van der Waals surface area contributed by atoms with Crippen LogP contribution in [0.25, 0.3) is 0 Å². The van der Waals surface area contributed by atoms with Gasteiger partial charge in [-0.15, -0.1) is 0 Å². The second kappa shape index (κ2) is 10.1. The fourth-order valence-electron chi connectivity index (χ4n) is 2.76. The van der Waals surface area contributed by atoms with Crippen molar-refractivity contribution in [1.82, 2.24) is 5.32 Å². The molecule has 0 aromatic rings. The van der Waals surface area contributed by atoms with Gasteiger partial charge in [-0.25, -0.2) is 0 Å². The SMILES string of the molecule is CCCCNCCCCCCC1CCCC1. The van der Waals surface area contributed by atoms with E-state index in [1.54, 1.807) is 0 Å². The molecule has 0 spiro atoms. The van der Waals surface area contributed by atoms with E-state index in [1.165, 1.54) is 83.7 Å². The van der Waals surface area contributed by atoms with E-state index >= 15 is 0 Å². The summed E-state index contributed by atoms with van der Waals surface area (Å²) in [7, 11) is 0. The minimum absolute atomic E-state index is 1.10. The van der Waals surface area contributed by atoms with Crippen molar-refractivity contribution in [2.24, 2.45) is 5.92 Å². The summed E-state index contributed by atoms with van der Waals surface area (Å²) in [4.78, 5) is 0. The fraction of sp³-hybridized carbons (Fsp3) is 1.00. The second-order valence-electron chi connectivity index (χ2n) is 5.46. The topological polar surface area (TPSA) is 12.0 Å². The first-order valence-corrected chi connectivity index (χ1v) is 7.64. The van der Waals surface area contributed by atoms with E-state index in [2.05, 4.69) is 12.2 Å². The van der Waals surface area contributed by atoms with Crippen molar-refractivity contribution in [2.75, 3.05) is 13.1 Å². The molecular formula is C15H31N. The monoisotopic (exact) mass is 225 g/mol. The Morgan fingerprint density at radius 2 is 1.56 bits per heavy atom. The van der Waals surface area contributed by atoms with Gasteiger partial charge in [-0.3, -0.25) is 0 Å². The summed E-state index contributed by atoms with van der Waals surface area (Å²) in [5, 5.41) is 3.52. The predicted molar refractivity (Wildman–Crippen MR) is 72.8 cm³/mol. The predicted octanol–water partition coefficient (Wildman–Crippen LogP) is 4.52. The Labute approximate surface area is 102 Å². The van der Waals surface area contributed by atoms with Crippen molar-refractivity contribution in [2.45, 2.75) is 77.6 Å². The highest BCUT2D eigenvalue weighted by atomic mass is 14.8. The van der Waals surface area contributed by atoms with Crippen LogP contribution in [0.15, 0.2) is 0 Å². The summed E-state index contributed by atoms with van der Waals surface area (Å²) < 4.78 is 0. The van der Waals surface area contributed by atoms with Crippen LogP contribution < -0.4 is 5.32 Å². The molecule has 1 aliphatic carbocycles. The Hall–Kier alpha value is -0.0400. The highest BCUT2D eigenvalue weighted by molar-refractivity contribution is 4.67. The molecule has 0 radical (unpaired) electrons. The van der Waals surface area contributed by atoms with E-state index in [0.717, 1.165) is 5.92 Å². The number of hydrogen-bond donors (Lipinski definition) is 1. The van der Waals surface area contributed by atoms with Gasteiger partial charge in [0.05, 0.1) is 0 Å². The average Bonchev–Trinajstić information content (AvgIpc) is 2.80. The molecule has 1 heteroatoms. The van der Waals surface area contributed by atoms with Crippen LogP contribution >= 0.6 is 0 Å². The van der Waals surface area contributed by atoms with Crippen molar-refractivity contribution in [3.05, 3.63) is 0 Å². The van der Waals surface area contributed by atoms with E-state index in [4.69, 9.17) is 0 Å². The summed E-state index contributed by atoms with van der Waals surface area (Å²) >= 11 is 0. The molecule has 0 aliphatic heterocycles. The average molecular weight is 225 g/mol. The van der Waals surface area contributed by atoms with Crippen LogP contribution in [-0.2, 0) is 0 Å². The molecule has 1 fully saturated rings. The van der Waals surface area contributed by atoms with Gasteiger partial charge in [0.25, 0.3) is 0 Å². The molecule has 1 saturated carbocycles. The lowest BCUT2D eigenvalue weighted by atomic mass is 9.99. The third-order valence-corrected chi connectivity index (χ3v) is 3.90. The standard InChI is InChI=1S/C15H31N/c1-2-3-13-16-14-9-5-4-6-10-15-11-7-8-12-15/h15-16H,2-14H2,1H3. The zero-order valence-corrected chi connectivity index (χ0v) is 11.3. The van der Waals surface area contributed by atoms with Crippen molar-refractivity contribution in [1.29, 1.82) is 0 Å². The molecule has 0 aromatic heterocycles. The first-order valence-electron chi connectivity index (χ1n) is 7.64. The third kappa shape index (κ3) is 7.27. The van der Waals surface area contributed by atoms with Crippen LogP contribution in [0.4, 0.5) is 0 Å². The molecule has 0 bridgehead atoms.